The van der Waals surface area contributed by atoms with Gasteiger partial charge in [0.1, 0.15) is 17.1 Å². The molecule has 1 saturated heterocycles. The third-order valence-electron chi connectivity index (χ3n) is 3.06. The lowest BCUT2D eigenvalue weighted by molar-refractivity contribution is -0.151. The van der Waals surface area contributed by atoms with Gasteiger partial charge >= 0.3 is 0 Å². The molecule has 0 bridgehead atoms. The first kappa shape index (κ1) is 13.0. The minimum Gasteiger partial charge on any atom is -0.341 e. The predicted octanol–water partition coefficient (Wildman–Crippen LogP) is 1.33. The topological polar surface area (TPSA) is 62.3 Å². The standard InChI is InChI=1S/C12H17N3O2S/c1-4-8(10-13-5-6-18-10)15-7-9(16)14-12(2,3)11(15)17/h5-6,8H,4,7H2,1-3H3,(H,14,16). The van der Waals surface area contributed by atoms with Gasteiger partial charge in [0.05, 0.1) is 6.04 Å². The summed E-state index contributed by atoms with van der Waals surface area (Å²) >= 11 is 1.52. The zero-order chi connectivity index (χ0) is 13.3. The normalized spacial score (nSPS) is 20.7. The van der Waals surface area contributed by atoms with E-state index >= 15 is 0 Å². The fourth-order valence-electron chi connectivity index (χ4n) is 2.21. The zero-order valence-corrected chi connectivity index (χ0v) is 11.6. The van der Waals surface area contributed by atoms with E-state index in [2.05, 4.69) is 10.3 Å². The second-order valence-corrected chi connectivity index (χ2v) is 5.83. The van der Waals surface area contributed by atoms with E-state index in [4.69, 9.17) is 0 Å². The number of nitrogens with one attached hydrogen (secondary N) is 1. The second-order valence-electron chi connectivity index (χ2n) is 4.90. The van der Waals surface area contributed by atoms with E-state index in [-0.39, 0.29) is 24.4 Å². The van der Waals surface area contributed by atoms with E-state index in [1.165, 1.54) is 11.3 Å². The van der Waals surface area contributed by atoms with Crippen molar-refractivity contribution in [2.24, 2.45) is 0 Å². The van der Waals surface area contributed by atoms with Crippen molar-refractivity contribution in [3.05, 3.63) is 16.6 Å². The largest absolute Gasteiger partial charge is 0.341 e. The highest BCUT2D eigenvalue weighted by molar-refractivity contribution is 7.09. The maximum atomic E-state index is 12.4. The van der Waals surface area contributed by atoms with Gasteiger partial charge in [0, 0.05) is 11.6 Å². The molecule has 1 aromatic heterocycles. The van der Waals surface area contributed by atoms with Gasteiger partial charge in [-0.05, 0) is 20.3 Å². The van der Waals surface area contributed by atoms with Gasteiger partial charge in [-0.15, -0.1) is 11.3 Å². The zero-order valence-electron chi connectivity index (χ0n) is 10.8. The lowest BCUT2D eigenvalue weighted by Crippen LogP contribution is -2.64. The average molecular weight is 267 g/mol. The fourth-order valence-corrected chi connectivity index (χ4v) is 3.04. The lowest BCUT2D eigenvalue weighted by atomic mass is 9.98. The van der Waals surface area contributed by atoms with Crippen molar-refractivity contribution >= 4 is 23.2 Å². The summed E-state index contributed by atoms with van der Waals surface area (Å²) in [6.45, 7) is 5.57. The fraction of sp³-hybridized carbons (Fsp3) is 0.583. The molecule has 1 aliphatic rings. The van der Waals surface area contributed by atoms with Gasteiger partial charge in [-0.2, -0.15) is 0 Å². The van der Waals surface area contributed by atoms with E-state index < -0.39 is 5.54 Å². The van der Waals surface area contributed by atoms with Crippen LogP contribution < -0.4 is 5.32 Å². The summed E-state index contributed by atoms with van der Waals surface area (Å²) in [6.07, 6.45) is 2.48. The maximum Gasteiger partial charge on any atom is 0.248 e. The van der Waals surface area contributed by atoms with E-state index in [0.717, 1.165) is 11.4 Å². The molecule has 1 N–H and O–H groups in total. The third kappa shape index (κ3) is 2.25. The lowest BCUT2D eigenvalue weighted by Gasteiger charge is -2.40. The first-order chi connectivity index (χ1) is 8.45. The quantitative estimate of drug-likeness (QED) is 0.898. The Morgan fingerprint density at radius 2 is 2.28 bits per heavy atom. The van der Waals surface area contributed by atoms with Crippen LogP contribution in [0.4, 0.5) is 0 Å². The number of amides is 2. The Kier molecular flexibility index (Phi) is 3.38. The first-order valence-electron chi connectivity index (χ1n) is 5.97. The van der Waals surface area contributed by atoms with E-state index in [1.54, 1.807) is 24.9 Å². The van der Waals surface area contributed by atoms with Gasteiger partial charge in [0.25, 0.3) is 0 Å². The van der Waals surface area contributed by atoms with Crippen LogP contribution in [0.2, 0.25) is 0 Å². The van der Waals surface area contributed by atoms with Crippen molar-refractivity contribution in [3.8, 4) is 0 Å². The van der Waals surface area contributed by atoms with Crippen molar-refractivity contribution in [3.63, 3.8) is 0 Å². The van der Waals surface area contributed by atoms with Crippen molar-refractivity contribution in [1.82, 2.24) is 15.2 Å². The van der Waals surface area contributed by atoms with E-state index in [1.807, 2.05) is 12.3 Å². The smallest absolute Gasteiger partial charge is 0.248 e. The number of carbonyl (C=O) groups is 2. The molecule has 1 aromatic rings. The molecule has 1 unspecified atom stereocenters. The number of hydrogen-bond donors (Lipinski definition) is 1. The molecule has 18 heavy (non-hydrogen) atoms. The molecule has 98 valence electrons. The molecule has 0 aliphatic carbocycles. The second kappa shape index (κ2) is 4.68. The summed E-state index contributed by atoms with van der Waals surface area (Å²) < 4.78 is 0. The molecule has 0 saturated carbocycles. The number of hydrogen-bond acceptors (Lipinski definition) is 4. The molecule has 1 aliphatic heterocycles. The van der Waals surface area contributed by atoms with Crippen LogP contribution in [0.1, 0.15) is 38.2 Å². The van der Waals surface area contributed by atoms with Gasteiger partial charge in [-0.25, -0.2) is 4.98 Å². The number of aromatic nitrogens is 1. The van der Waals surface area contributed by atoms with Crippen LogP contribution in [0.25, 0.3) is 0 Å². The molecule has 2 amide bonds. The molecular weight excluding hydrogens is 250 g/mol. The summed E-state index contributed by atoms with van der Waals surface area (Å²) in [7, 11) is 0. The molecule has 6 heteroatoms. The highest BCUT2D eigenvalue weighted by atomic mass is 32.1. The van der Waals surface area contributed by atoms with Crippen LogP contribution in [0.3, 0.4) is 0 Å². The molecule has 1 fully saturated rings. The van der Waals surface area contributed by atoms with Crippen molar-refractivity contribution in [2.75, 3.05) is 6.54 Å². The third-order valence-corrected chi connectivity index (χ3v) is 3.94. The molecule has 5 nitrogen and oxygen atoms in total. The van der Waals surface area contributed by atoms with Crippen molar-refractivity contribution in [2.45, 2.75) is 38.8 Å². The van der Waals surface area contributed by atoms with Gasteiger partial charge in [0.15, 0.2) is 0 Å². The highest BCUT2D eigenvalue weighted by Crippen LogP contribution is 2.29. The van der Waals surface area contributed by atoms with E-state index in [9.17, 15) is 9.59 Å². The Bertz CT molecular complexity index is 456. The van der Waals surface area contributed by atoms with Crippen LogP contribution in [0.15, 0.2) is 11.6 Å². The van der Waals surface area contributed by atoms with Gasteiger partial charge in [0.2, 0.25) is 11.8 Å². The Morgan fingerprint density at radius 3 is 2.83 bits per heavy atom. The molecule has 1 atom stereocenters. The molecule has 0 spiro atoms. The van der Waals surface area contributed by atoms with Gasteiger partial charge in [-0.3, -0.25) is 9.59 Å². The Hall–Kier alpha value is -1.43. The van der Waals surface area contributed by atoms with Crippen LogP contribution in [0, 0.1) is 0 Å². The highest BCUT2D eigenvalue weighted by Gasteiger charge is 2.42. The molecule has 2 heterocycles. The minimum atomic E-state index is -0.833. The van der Waals surface area contributed by atoms with Crippen LogP contribution in [-0.2, 0) is 9.59 Å². The number of rotatable bonds is 3. The summed E-state index contributed by atoms with van der Waals surface area (Å²) in [5, 5.41) is 5.48. The van der Waals surface area contributed by atoms with Gasteiger partial charge in [-0.1, -0.05) is 6.92 Å². The Labute approximate surface area is 110 Å². The monoisotopic (exact) mass is 267 g/mol. The number of thiazole rings is 1. The predicted molar refractivity (Wildman–Crippen MR) is 69.1 cm³/mol. The number of carbonyl (C=O) groups excluding carboxylic acids is 2. The van der Waals surface area contributed by atoms with E-state index in [0.29, 0.717) is 0 Å². The molecule has 0 aromatic carbocycles. The minimum absolute atomic E-state index is 0.0517. The summed E-state index contributed by atoms with van der Waals surface area (Å²) in [4.78, 5) is 30.0. The first-order valence-corrected chi connectivity index (χ1v) is 6.85. The van der Waals surface area contributed by atoms with Crippen molar-refractivity contribution in [1.29, 1.82) is 0 Å². The Balaban J connectivity index is 2.30. The van der Waals surface area contributed by atoms with Crippen LogP contribution >= 0.6 is 11.3 Å². The maximum absolute atomic E-state index is 12.4. The number of nitrogens with zero attached hydrogens (tertiary/aromatic N) is 2. The molecular formula is C12H17N3O2S. The number of piperazine rings is 1. The van der Waals surface area contributed by atoms with Gasteiger partial charge < -0.3 is 10.2 Å². The summed E-state index contributed by atoms with van der Waals surface area (Å²) in [5.41, 5.74) is -0.833. The van der Waals surface area contributed by atoms with Crippen LogP contribution in [-0.4, -0.2) is 33.8 Å². The van der Waals surface area contributed by atoms with Crippen LogP contribution in [0.5, 0.6) is 0 Å². The van der Waals surface area contributed by atoms with Crippen molar-refractivity contribution < 1.29 is 9.59 Å². The summed E-state index contributed by atoms with van der Waals surface area (Å²) in [6, 6.07) is -0.108. The summed E-state index contributed by atoms with van der Waals surface area (Å²) in [5.74, 6) is -0.168. The molecule has 0 radical (unpaired) electrons. The average Bonchev–Trinajstić information content (AvgIpc) is 2.79. The SMILES string of the molecule is CCC(c1nccs1)N1CC(=O)NC(C)(C)C1=O. The molecule has 2 rings (SSSR count). The Morgan fingerprint density at radius 1 is 1.56 bits per heavy atom.